The Morgan fingerprint density at radius 2 is 1.45 bits per heavy atom. The maximum atomic E-state index is 11.4. The largest absolute Gasteiger partial charge is 0.389 e. The minimum absolute atomic E-state index is 0.402. The lowest BCUT2D eigenvalue weighted by Gasteiger charge is -2.19. The van der Waals surface area contributed by atoms with Gasteiger partial charge in [-0.2, -0.15) is 0 Å². The number of nitrogens with zero attached hydrogens (tertiary/aromatic N) is 1. The third-order valence-electron chi connectivity index (χ3n) is 7.16. The Labute approximate surface area is 227 Å². The molecule has 0 fully saturated rings. The molecule has 0 amide bonds. The van der Waals surface area contributed by atoms with Crippen molar-refractivity contribution in [2.75, 3.05) is 11.9 Å². The van der Waals surface area contributed by atoms with Crippen molar-refractivity contribution in [2.24, 2.45) is 0 Å². The van der Waals surface area contributed by atoms with E-state index in [1.54, 1.807) is 0 Å². The van der Waals surface area contributed by atoms with Crippen LogP contribution in [0.3, 0.4) is 0 Å². The van der Waals surface area contributed by atoms with Gasteiger partial charge in [-0.25, -0.2) is 0 Å². The van der Waals surface area contributed by atoms with Crippen LogP contribution in [0.25, 0.3) is 44.1 Å². The molecule has 1 heterocycles. The molecule has 0 aliphatic rings. The number of rotatable bonds is 7. The van der Waals surface area contributed by atoms with Gasteiger partial charge in [-0.15, -0.1) is 0 Å². The zero-order chi connectivity index (χ0) is 26.1. The third-order valence-corrected chi connectivity index (χ3v) is 7.57. The van der Waals surface area contributed by atoms with Crippen LogP contribution in [0.4, 0.5) is 5.69 Å². The average Bonchev–Trinajstić information content (AvgIpc) is 3.29. The van der Waals surface area contributed by atoms with E-state index in [1.165, 1.54) is 21.7 Å². The third kappa shape index (κ3) is 4.56. The summed E-state index contributed by atoms with van der Waals surface area (Å²) in [4.78, 5) is 0. The normalized spacial score (nSPS) is 12.2. The summed E-state index contributed by atoms with van der Waals surface area (Å²) in [5, 5.41) is 19.0. The predicted octanol–water partition coefficient (Wildman–Crippen LogP) is 8.56. The predicted molar refractivity (Wildman–Crippen MR) is 161 cm³/mol. The van der Waals surface area contributed by atoms with E-state index in [1.807, 2.05) is 37.3 Å². The van der Waals surface area contributed by atoms with Gasteiger partial charge in [-0.1, -0.05) is 115 Å². The fourth-order valence-corrected chi connectivity index (χ4v) is 5.49. The van der Waals surface area contributed by atoms with Gasteiger partial charge in [0.15, 0.2) is 0 Å². The van der Waals surface area contributed by atoms with Crippen LogP contribution in [0.1, 0.15) is 5.56 Å². The minimum Gasteiger partial charge on any atom is -0.389 e. The van der Waals surface area contributed by atoms with Crippen molar-refractivity contribution in [1.82, 2.24) is 4.57 Å². The van der Waals surface area contributed by atoms with E-state index in [-0.39, 0.29) is 0 Å². The molecule has 0 radical (unpaired) electrons. The van der Waals surface area contributed by atoms with Crippen LogP contribution in [0, 0.1) is 6.92 Å². The smallest absolute Gasteiger partial charge is 0.0891 e. The molecule has 6 aromatic rings. The summed E-state index contributed by atoms with van der Waals surface area (Å²) in [5.74, 6) is 0. The maximum absolute atomic E-state index is 11.4. The lowest BCUT2D eigenvalue weighted by atomic mass is 9.97. The van der Waals surface area contributed by atoms with Crippen molar-refractivity contribution in [3.63, 3.8) is 0 Å². The van der Waals surface area contributed by atoms with Gasteiger partial charge in [0, 0.05) is 33.6 Å². The monoisotopic (exact) mass is 516 g/mol. The Morgan fingerprint density at radius 3 is 2.18 bits per heavy atom. The molecular weight excluding hydrogens is 488 g/mol. The number of anilines is 1. The van der Waals surface area contributed by atoms with E-state index < -0.39 is 6.10 Å². The van der Waals surface area contributed by atoms with E-state index in [0.29, 0.717) is 18.1 Å². The quantitative estimate of drug-likeness (QED) is 0.223. The molecule has 4 heteroatoms. The maximum Gasteiger partial charge on any atom is 0.0891 e. The standard InChI is InChI=1S/C34H29ClN2O/c1-23-16-18-27(20-31(23)35)36-21-28(38)22-37-33(26-13-6-3-7-14-26)32(25-11-4-2-5-12-25)30-19-17-24-10-8-9-15-29(24)34(30)37/h2-20,28,36,38H,21-22H2,1H3. The highest BCUT2D eigenvalue weighted by atomic mass is 35.5. The van der Waals surface area contributed by atoms with Gasteiger partial charge in [-0.05, 0) is 41.1 Å². The number of aliphatic hydroxyl groups is 1. The molecule has 1 aromatic heterocycles. The fraction of sp³-hybridized carbons (Fsp3) is 0.118. The molecule has 0 saturated carbocycles. The van der Waals surface area contributed by atoms with Crippen LogP contribution in [0.15, 0.2) is 115 Å². The molecule has 3 nitrogen and oxygen atoms in total. The summed E-state index contributed by atoms with van der Waals surface area (Å²) in [6.45, 7) is 2.82. The highest BCUT2D eigenvalue weighted by Crippen LogP contribution is 2.43. The van der Waals surface area contributed by atoms with Gasteiger partial charge in [-0.3, -0.25) is 0 Å². The lowest BCUT2D eigenvalue weighted by molar-refractivity contribution is 0.169. The summed E-state index contributed by atoms with van der Waals surface area (Å²) in [6.07, 6.45) is -0.629. The number of halogens is 1. The molecule has 2 N–H and O–H groups in total. The van der Waals surface area contributed by atoms with Gasteiger partial charge in [0.25, 0.3) is 0 Å². The first-order valence-electron chi connectivity index (χ1n) is 12.9. The summed E-state index contributed by atoms with van der Waals surface area (Å²) in [7, 11) is 0. The highest BCUT2D eigenvalue weighted by Gasteiger charge is 2.23. The summed E-state index contributed by atoms with van der Waals surface area (Å²) >= 11 is 6.32. The highest BCUT2D eigenvalue weighted by molar-refractivity contribution is 6.31. The number of benzene rings is 5. The van der Waals surface area contributed by atoms with E-state index in [9.17, 15) is 5.11 Å². The summed E-state index contributed by atoms with van der Waals surface area (Å²) in [5.41, 5.74) is 7.64. The lowest BCUT2D eigenvalue weighted by Crippen LogP contribution is -2.25. The molecule has 0 saturated heterocycles. The Kier molecular flexibility index (Phi) is 6.63. The number of hydrogen-bond donors (Lipinski definition) is 2. The van der Waals surface area contributed by atoms with Crippen molar-refractivity contribution in [3.8, 4) is 22.4 Å². The molecule has 0 bridgehead atoms. The second kappa shape index (κ2) is 10.4. The number of aromatic nitrogens is 1. The molecule has 188 valence electrons. The van der Waals surface area contributed by atoms with E-state index in [0.717, 1.165) is 33.6 Å². The molecule has 38 heavy (non-hydrogen) atoms. The number of nitrogens with one attached hydrogen (secondary N) is 1. The van der Waals surface area contributed by atoms with Crippen molar-refractivity contribution in [2.45, 2.75) is 19.6 Å². The van der Waals surface area contributed by atoms with Crippen LogP contribution in [0.2, 0.25) is 5.02 Å². The molecule has 1 unspecified atom stereocenters. The first-order valence-corrected chi connectivity index (χ1v) is 13.3. The van der Waals surface area contributed by atoms with Crippen molar-refractivity contribution >= 4 is 39.0 Å². The van der Waals surface area contributed by atoms with Crippen LogP contribution in [-0.2, 0) is 6.54 Å². The molecule has 1 atom stereocenters. The van der Waals surface area contributed by atoms with E-state index in [4.69, 9.17) is 11.6 Å². The number of aliphatic hydroxyl groups excluding tert-OH is 1. The zero-order valence-corrected chi connectivity index (χ0v) is 22.0. The zero-order valence-electron chi connectivity index (χ0n) is 21.2. The molecule has 5 aromatic carbocycles. The van der Waals surface area contributed by atoms with Crippen molar-refractivity contribution in [3.05, 3.63) is 126 Å². The fourth-order valence-electron chi connectivity index (χ4n) is 5.31. The molecule has 6 rings (SSSR count). The minimum atomic E-state index is -0.629. The van der Waals surface area contributed by atoms with Gasteiger partial charge in [0.2, 0.25) is 0 Å². The Bertz CT molecular complexity index is 1720. The van der Waals surface area contributed by atoms with Crippen molar-refractivity contribution in [1.29, 1.82) is 0 Å². The van der Waals surface area contributed by atoms with E-state index in [2.05, 4.69) is 94.8 Å². The summed E-state index contributed by atoms with van der Waals surface area (Å²) < 4.78 is 2.31. The second-order valence-corrected chi connectivity index (χ2v) is 10.2. The van der Waals surface area contributed by atoms with Gasteiger partial charge >= 0.3 is 0 Å². The van der Waals surface area contributed by atoms with Gasteiger partial charge in [0.1, 0.15) is 0 Å². The number of hydrogen-bond acceptors (Lipinski definition) is 2. The molecular formula is C34H29ClN2O. The van der Waals surface area contributed by atoms with Crippen LogP contribution in [0.5, 0.6) is 0 Å². The number of aryl methyl sites for hydroxylation is 1. The van der Waals surface area contributed by atoms with Gasteiger partial charge in [0.05, 0.1) is 23.9 Å². The Balaban J connectivity index is 1.52. The van der Waals surface area contributed by atoms with Crippen molar-refractivity contribution < 1.29 is 5.11 Å². The van der Waals surface area contributed by atoms with Crippen LogP contribution < -0.4 is 5.32 Å². The van der Waals surface area contributed by atoms with Crippen LogP contribution in [-0.4, -0.2) is 22.3 Å². The summed E-state index contributed by atoms with van der Waals surface area (Å²) in [6, 6.07) is 39.8. The second-order valence-electron chi connectivity index (χ2n) is 9.75. The Morgan fingerprint density at radius 1 is 0.763 bits per heavy atom. The first kappa shape index (κ1) is 24.3. The molecule has 0 aliphatic heterocycles. The topological polar surface area (TPSA) is 37.2 Å². The number of fused-ring (bicyclic) bond motifs is 3. The first-order chi connectivity index (χ1) is 18.6. The Hall–Kier alpha value is -4.05. The van der Waals surface area contributed by atoms with Gasteiger partial charge < -0.3 is 15.0 Å². The SMILES string of the molecule is Cc1ccc(NCC(O)Cn2c(-c3ccccc3)c(-c3ccccc3)c3ccc4ccccc4c32)cc1Cl. The average molecular weight is 517 g/mol. The molecule has 0 spiro atoms. The molecule has 0 aliphatic carbocycles. The van der Waals surface area contributed by atoms with E-state index >= 15 is 0 Å². The van der Waals surface area contributed by atoms with Crippen LogP contribution >= 0.6 is 11.6 Å².